The molecular weight excluding hydrogens is 971 g/mol. The molecule has 3 aliphatic heterocycles. The summed E-state index contributed by atoms with van der Waals surface area (Å²) in [5.41, 5.74) is -0.368. The van der Waals surface area contributed by atoms with Crippen molar-refractivity contribution in [3.63, 3.8) is 0 Å². The van der Waals surface area contributed by atoms with Crippen molar-refractivity contribution in [3.05, 3.63) is 145 Å². The van der Waals surface area contributed by atoms with Gasteiger partial charge in [0.1, 0.15) is 35.0 Å². The fourth-order valence-corrected chi connectivity index (χ4v) is 14.3. The summed E-state index contributed by atoms with van der Waals surface area (Å²) in [5.74, 6) is -3.44. The summed E-state index contributed by atoms with van der Waals surface area (Å²) in [4.78, 5) is 60.5. The van der Waals surface area contributed by atoms with E-state index in [1.54, 1.807) is 48.1 Å². The lowest BCUT2D eigenvalue weighted by atomic mass is 9.55. The van der Waals surface area contributed by atoms with Gasteiger partial charge in [-0.15, -0.1) is 0 Å². The van der Waals surface area contributed by atoms with Crippen molar-refractivity contribution in [2.45, 2.75) is 118 Å². The van der Waals surface area contributed by atoms with E-state index in [1.165, 1.54) is 36.7 Å². The van der Waals surface area contributed by atoms with E-state index in [4.69, 9.17) is 23.2 Å². The van der Waals surface area contributed by atoms with E-state index in [9.17, 15) is 33.1 Å². The number of carbonyl (C=O) groups is 3. The molecule has 2 aromatic heterocycles. The number of anilines is 2. The van der Waals surface area contributed by atoms with E-state index in [0.29, 0.717) is 91.2 Å². The molecule has 5 fully saturated rings. The fourth-order valence-electron chi connectivity index (χ4n) is 13.9. The topological polar surface area (TPSA) is 187 Å². The monoisotopic (exact) mass is 1020 g/mol. The number of aromatic amines is 1. The molecule has 4 aliphatic carbocycles. The Labute approximate surface area is 422 Å². The Morgan fingerprint density at radius 3 is 2.26 bits per heavy atom. The molecule has 72 heavy (non-hydrogen) atoms. The Kier molecular flexibility index (Phi) is 11.8. The normalized spacial score (nSPS) is 27.8. The maximum Gasteiger partial charge on any atom is 0.309 e. The van der Waals surface area contributed by atoms with Crippen LogP contribution in [0.4, 0.5) is 24.5 Å². The molecule has 0 radical (unpaired) electrons. The van der Waals surface area contributed by atoms with E-state index in [-0.39, 0.29) is 33.6 Å². The number of carbonyl (C=O) groups excluding carboxylic acids is 2. The first-order chi connectivity index (χ1) is 34.6. The Morgan fingerprint density at radius 1 is 0.875 bits per heavy atom. The van der Waals surface area contributed by atoms with Gasteiger partial charge < -0.3 is 21.1 Å². The number of nitrogens with zero attached hydrogens (tertiary/aromatic N) is 5. The summed E-state index contributed by atoms with van der Waals surface area (Å²) in [6.07, 6.45) is 8.88. The fraction of sp³-hybridized carbons (Fsp3) is 0.415. The van der Waals surface area contributed by atoms with Crippen molar-refractivity contribution in [2.24, 2.45) is 12.5 Å². The third-order valence-electron chi connectivity index (χ3n) is 17.2. The molecule has 6 aromatic rings. The number of carboxylic acids is 1. The second kappa shape index (κ2) is 17.7. The molecule has 13 rings (SSSR count). The zero-order valence-electron chi connectivity index (χ0n) is 39.5. The maximum absolute atomic E-state index is 16.3. The molecule has 7 aliphatic rings. The van der Waals surface area contributed by atoms with Crippen molar-refractivity contribution in [3.8, 4) is 0 Å². The van der Waals surface area contributed by atoms with Crippen molar-refractivity contribution in [1.29, 1.82) is 0 Å². The van der Waals surface area contributed by atoms with Crippen molar-refractivity contribution < 1.29 is 32.7 Å². The van der Waals surface area contributed by atoms with Gasteiger partial charge in [-0.2, -0.15) is 10.2 Å². The molecule has 2 amide bonds. The number of hydrogen-bond donors (Lipinski definition) is 5. The number of hydrogen-bond acceptors (Lipinski definition) is 9. The summed E-state index contributed by atoms with van der Waals surface area (Å²) >= 11 is 12.8. The zero-order valence-corrected chi connectivity index (χ0v) is 41.0. The number of carboxylic acid groups (broad SMARTS) is 1. The second-order valence-corrected chi connectivity index (χ2v) is 21.3. The first-order valence-electron chi connectivity index (χ1n) is 24.5. The Morgan fingerprint density at radius 2 is 1.60 bits per heavy atom. The van der Waals surface area contributed by atoms with Gasteiger partial charge in [0.05, 0.1) is 39.5 Å². The zero-order chi connectivity index (χ0) is 50.5. The van der Waals surface area contributed by atoms with Crippen LogP contribution < -0.4 is 21.5 Å². The van der Waals surface area contributed by atoms with Gasteiger partial charge in [0.2, 0.25) is 11.8 Å². The summed E-state index contributed by atoms with van der Waals surface area (Å²) in [6.45, 7) is 2.50. The molecule has 5 heterocycles. The van der Waals surface area contributed by atoms with E-state index < -0.39 is 69.0 Å². The summed E-state index contributed by atoms with van der Waals surface area (Å²) in [6, 6.07) is 17.5. The van der Waals surface area contributed by atoms with Gasteiger partial charge in [-0.25, -0.2) is 23.3 Å². The van der Waals surface area contributed by atoms with Crippen molar-refractivity contribution >= 4 is 63.1 Å². The maximum atomic E-state index is 16.3. The predicted octanol–water partition coefficient (Wildman–Crippen LogP) is 9.44. The van der Waals surface area contributed by atoms with Crippen LogP contribution in [-0.2, 0) is 26.8 Å². The highest BCUT2D eigenvalue weighted by atomic mass is 35.5. The average Bonchev–Trinajstić information content (AvgIpc) is 4.00. The van der Waals surface area contributed by atoms with Crippen LogP contribution in [0, 0.1) is 22.9 Å². The molecule has 5 atom stereocenters. The third kappa shape index (κ3) is 7.18. The number of benzene rings is 4. The summed E-state index contributed by atoms with van der Waals surface area (Å²) in [5, 5.41) is 31.8. The van der Waals surface area contributed by atoms with Crippen LogP contribution in [-0.4, -0.2) is 76.4 Å². The van der Waals surface area contributed by atoms with Gasteiger partial charge in [0.25, 0.3) is 5.56 Å². The van der Waals surface area contributed by atoms with E-state index in [2.05, 4.69) is 41.1 Å². The molecular formula is C53H52Cl2F3N9O5. The van der Waals surface area contributed by atoms with Crippen LogP contribution in [0.5, 0.6) is 0 Å². The van der Waals surface area contributed by atoms with Crippen LogP contribution in [0.2, 0.25) is 10.0 Å². The Balaban J connectivity index is 0.000000172. The Hall–Kier alpha value is -6.30. The number of aromatic nitrogens is 5. The smallest absolute Gasteiger partial charge is 0.309 e. The van der Waals surface area contributed by atoms with E-state index in [0.717, 1.165) is 30.4 Å². The van der Waals surface area contributed by atoms with Gasteiger partial charge in [0, 0.05) is 45.8 Å². The quantitative estimate of drug-likeness (QED) is 0.103. The van der Waals surface area contributed by atoms with Crippen LogP contribution in [0.1, 0.15) is 124 Å². The van der Waals surface area contributed by atoms with Crippen LogP contribution >= 0.6 is 23.2 Å². The molecule has 4 aromatic carbocycles. The largest absolute Gasteiger partial charge is 0.481 e. The van der Waals surface area contributed by atoms with Gasteiger partial charge in [-0.3, -0.25) is 28.8 Å². The highest BCUT2D eigenvalue weighted by Gasteiger charge is 2.75. The molecule has 14 nitrogen and oxygen atoms in total. The minimum Gasteiger partial charge on any atom is -0.481 e. The van der Waals surface area contributed by atoms with Gasteiger partial charge in [-0.05, 0) is 117 Å². The van der Waals surface area contributed by atoms with Crippen molar-refractivity contribution in [2.75, 3.05) is 17.2 Å². The molecule has 374 valence electrons. The number of fused-ring (bicyclic) bond motifs is 6. The number of H-pyrrole nitrogens is 1. The number of nitrogens with one attached hydrogen (secondary N) is 4. The molecule has 2 spiro atoms. The standard InChI is InChI=1S/C34H38Cl2FN3O4.C19H14F2N6O/c1-2-40-27(28(41)39-32-16-13-31(14-17-32,15-18-32)30(43)44)25(21-7-6-8-23(36)26(21)37)34(33(40)11-4-3-5-12-33)22-10-9-20(35)19-24(22)38-29(34)42;1-27-18(22-8-23-27)15-16(9-2-4-10(20)5-3-9)24-13-7-11(21)6-12-14(13)17(15)25-26-19(12)28/h6-10,19,25,27H,2-5,11-18H2,1H3,(H,38,42)(H,39,41)(H,43,44);2-8,15-16,24H,1H3,(H,26,28)/t;15-,16-/m.1/s1. The first-order valence-corrected chi connectivity index (χ1v) is 25.3. The third-order valence-corrected chi connectivity index (χ3v) is 17.7. The number of aryl methyl sites for hydroxylation is 1. The second-order valence-electron chi connectivity index (χ2n) is 20.5. The van der Waals surface area contributed by atoms with E-state index >= 15 is 4.39 Å². The SMILES string of the molecule is CCN1C(C(=O)NC23CCC(C(=O)O)(CC2)CC3)C(c2cccc(Cl)c2F)C2(C(=O)Nc3cc(Cl)ccc32)C12CCCCC2.Cn1ncnc1[C@H]1c2n[nH]c(=O)c3cc(F)cc(c23)N[C@@H]1c1ccc(F)cc1. The predicted molar refractivity (Wildman–Crippen MR) is 264 cm³/mol. The molecule has 3 unspecified atom stereocenters. The van der Waals surface area contributed by atoms with Crippen LogP contribution in [0.25, 0.3) is 10.8 Å². The molecule has 1 saturated heterocycles. The summed E-state index contributed by atoms with van der Waals surface area (Å²) in [7, 11) is 1.76. The lowest BCUT2D eigenvalue weighted by Crippen LogP contribution is -2.63. The number of likely N-dealkylation sites (tertiary alicyclic amines) is 1. The Bertz CT molecular complexity index is 3230. The number of aliphatic carboxylic acids is 1. The lowest BCUT2D eigenvalue weighted by Gasteiger charge is -2.52. The lowest BCUT2D eigenvalue weighted by molar-refractivity contribution is -0.157. The molecule has 19 heteroatoms. The van der Waals surface area contributed by atoms with E-state index in [1.807, 2.05) is 13.0 Å². The molecule has 5 N–H and O–H groups in total. The van der Waals surface area contributed by atoms with Gasteiger partial charge >= 0.3 is 5.97 Å². The van der Waals surface area contributed by atoms with Gasteiger partial charge in [0.15, 0.2) is 0 Å². The summed E-state index contributed by atoms with van der Waals surface area (Å²) < 4.78 is 45.5. The van der Waals surface area contributed by atoms with Crippen LogP contribution in [0.15, 0.2) is 83.9 Å². The molecule has 4 saturated carbocycles. The minimum atomic E-state index is -1.27. The number of halogens is 5. The highest BCUT2D eigenvalue weighted by Crippen LogP contribution is 2.67. The van der Waals surface area contributed by atoms with Crippen molar-refractivity contribution in [1.82, 2.24) is 35.2 Å². The van der Waals surface area contributed by atoms with Gasteiger partial charge in [-0.1, -0.05) is 79.7 Å². The van der Waals surface area contributed by atoms with Crippen LogP contribution in [0.3, 0.4) is 0 Å². The highest BCUT2D eigenvalue weighted by molar-refractivity contribution is 6.31. The number of amides is 2. The first kappa shape index (κ1) is 48.0. The number of rotatable bonds is 7. The number of likely N-dealkylation sites (N-methyl/N-ethyl adjacent to an activating group) is 1. The molecule has 2 bridgehead atoms. The average molecular weight is 1020 g/mol. The minimum absolute atomic E-state index is 0.0534.